The van der Waals surface area contributed by atoms with Gasteiger partial charge in [0, 0.05) is 17.8 Å². The van der Waals surface area contributed by atoms with Gasteiger partial charge in [-0.25, -0.2) is 0 Å². The Morgan fingerprint density at radius 1 is 1.15 bits per heavy atom. The van der Waals surface area contributed by atoms with Gasteiger partial charge in [0.25, 0.3) is 0 Å². The largest absolute Gasteiger partial charge is 0.494 e. The first kappa shape index (κ1) is 19.3. The molecule has 6 heteroatoms. The lowest BCUT2D eigenvalue weighted by atomic mass is 10.1. The number of thioether (sulfide) groups is 1. The van der Waals surface area contributed by atoms with Crippen molar-refractivity contribution in [1.29, 1.82) is 0 Å². The molecule has 3 rings (SSSR count). The second kappa shape index (κ2) is 8.95. The molecule has 1 heterocycles. The number of carbonyl (C=O) groups is 2. The molecule has 1 saturated heterocycles. The van der Waals surface area contributed by atoms with Crippen LogP contribution in [0.2, 0.25) is 0 Å². The van der Waals surface area contributed by atoms with E-state index in [4.69, 9.17) is 4.74 Å². The number of ether oxygens (including phenoxy) is 1. The minimum absolute atomic E-state index is 0.0201. The Morgan fingerprint density at radius 3 is 2.48 bits per heavy atom. The lowest BCUT2D eigenvalue weighted by molar-refractivity contribution is -0.116. The first-order valence-electron chi connectivity index (χ1n) is 9.18. The van der Waals surface area contributed by atoms with Crippen LogP contribution in [0.1, 0.15) is 37.6 Å². The van der Waals surface area contributed by atoms with Crippen LogP contribution in [-0.2, 0) is 9.59 Å². The van der Waals surface area contributed by atoms with Gasteiger partial charge in [-0.3, -0.25) is 14.5 Å². The van der Waals surface area contributed by atoms with Gasteiger partial charge in [-0.15, -0.1) is 11.8 Å². The number of anilines is 2. The van der Waals surface area contributed by atoms with Crippen LogP contribution in [0, 0.1) is 0 Å². The van der Waals surface area contributed by atoms with Gasteiger partial charge in [-0.2, -0.15) is 0 Å². The highest BCUT2D eigenvalue weighted by molar-refractivity contribution is 8.00. The first-order valence-corrected chi connectivity index (χ1v) is 10.2. The molecule has 1 N–H and O–H groups in total. The summed E-state index contributed by atoms with van der Waals surface area (Å²) in [6, 6.07) is 15.3. The van der Waals surface area contributed by atoms with E-state index in [2.05, 4.69) is 5.32 Å². The summed E-state index contributed by atoms with van der Waals surface area (Å²) in [6.45, 7) is 4.53. The third kappa shape index (κ3) is 4.63. The maximum Gasteiger partial charge on any atom is 0.238 e. The van der Waals surface area contributed by atoms with E-state index in [0.29, 0.717) is 18.8 Å². The molecule has 0 spiro atoms. The first-order chi connectivity index (χ1) is 13.1. The molecule has 1 unspecified atom stereocenters. The predicted octanol–water partition coefficient (Wildman–Crippen LogP) is 4.60. The van der Waals surface area contributed by atoms with Crippen molar-refractivity contribution in [3.8, 4) is 5.75 Å². The quantitative estimate of drug-likeness (QED) is 0.758. The lowest BCUT2D eigenvalue weighted by Gasteiger charge is -2.24. The maximum atomic E-state index is 12.5. The summed E-state index contributed by atoms with van der Waals surface area (Å²) in [5, 5.41) is 2.82. The molecule has 0 radical (unpaired) electrons. The summed E-state index contributed by atoms with van der Waals surface area (Å²) >= 11 is 1.61. The fraction of sp³-hybridized carbons (Fsp3) is 0.333. The molecule has 1 aliphatic heterocycles. The fourth-order valence-corrected chi connectivity index (χ4v) is 4.18. The van der Waals surface area contributed by atoms with Crippen LogP contribution in [0.3, 0.4) is 0 Å². The number of rotatable bonds is 7. The van der Waals surface area contributed by atoms with Gasteiger partial charge < -0.3 is 10.1 Å². The van der Waals surface area contributed by atoms with Gasteiger partial charge in [0.05, 0.1) is 12.4 Å². The van der Waals surface area contributed by atoms with Crippen LogP contribution in [0.4, 0.5) is 11.4 Å². The van der Waals surface area contributed by atoms with E-state index < -0.39 is 0 Å². The molecule has 142 valence electrons. The summed E-state index contributed by atoms with van der Waals surface area (Å²) in [4.78, 5) is 26.0. The topological polar surface area (TPSA) is 58.6 Å². The zero-order valence-electron chi connectivity index (χ0n) is 15.6. The molecule has 0 aliphatic carbocycles. The zero-order chi connectivity index (χ0) is 19.2. The summed E-state index contributed by atoms with van der Waals surface area (Å²) in [7, 11) is 0. The SMILES string of the molecule is CCCC(=O)Nc1ccc(C2SCC(=O)N2c2ccc(OCC)cc2)cc1. The number of nitrogens with zero attached hydrogens (tertiary/aromatic N) is 1. The van der Waals surface area contributed by atoms with Crippen molar-refractivity contribution in [1.82, 2.24) is 0 Å². The van der Waals surface area contributed by atoms with Crippen LogP contribution in [0.15, 0.2) is 48.5 Å². The van der Waals surface area contributed by atoms with Gasteiger partial charge in [0.15, 0.2) is 0 Å². The molecule has 27 heavy (non-hydrogen) atoms. The number of benzene rings is 2. The van der Waals surface area contributed by atoms with Crippen molar-refractivity contribution in [3.63, 3.8) is 0 Å². The van der Waals surface area contributed by atoms with E-state index >= 15 is 0 Å². The Hall–Kier alpha value is -2.47. The summed E-state index contributed by atoms with van der Waals surface area (Å²) in [6.07, 6.45) is 1.34. The monoisotopic (exact) mass is 384 g/mol. The molecule has 1 fully saturated rings. The summed E-state index contributed by atoms with van der Waals surface area (Å²) < 4.78 is 5.48. The van der Waals surface area contributed by atoms with E-state index in [1.54, 1.807) is 11.8 Å². The van der Waals surface area contributed by atoms with Crippen LogP contribution < -0.4 is 15.0 Å². The van der Waals surface area contributed by atoms with Crippen LogP contribution >= 0.6 is 11.8 Å². The van der Waals surface area contributed by atoms with Crippen molar-refractivity contribution in [2.24, 2.45) is 0 Å². The average molecular weight is 385 g/mol. The zero-order valence-corrected chi connectivity index (χ0v) is 16.4. The Kier molecular flexibility index (Phi) is 6.40. The van der Waals surface area contributed by atoms with Crippen molar-refractivity contribution in [2.45, 2.75) is 32.1 Å². The van der Waals surface area contributed by atoms with Gasteiger partial charge in [0.2, 0.25) is 11.8 Å². The minimum Gasteiger partial charge on any atom is -0.494 e. The molecule has 1 atom stereocenters. The van der Waals surface area contributed by atoms with E-state index in [1.807, 2.05) is 67.3 Å². The summed E-state index contributed by atoms with van der Waals surface area (Å²) in [5.74, 6) is 1.36. The van der Waals surface area contributed by atoms with Gasteiger partial charge in [-0.1, -0.05) is 19.1 Å². The number of amides is 2. The second-order valence-corrected chi connectivity index (χ2v) is 7.34. The van der Waals surface area contributed by atoms with Crippen LogP contribution in [-0.4, -0.2) is 24.2 Å². The van der Waals surface area contributed by atoms with Gasteiger partial charge >= 0.3 is 0 Å². The Labute approximate surface area is 164 Å². The number of carbonyl (C=O) groups excluding carboxylic acids is 2. The van der Waals surface area contributed by atoms with Crippen molar-refractivity contribution in [2.75, 3.05) is 22.6 Å². The molecular formula is C21H24N2O3S. The molecule has 1 aliphatic rings. The molecule has 0 aromatic heterocycles. The third-order valence-electron chi connectivity index (χ3n) is 4.25. The third-order valence-corrected chi connectivity index (χ3v) is 5.46. The Bertz CT molecular complexity index is 790. The van der Waals surface area contributed by atoms with E-state index in [-0.39, 0.29) is 17.2 Å². The average Bonchev–Trinajstić information content (AvgIpc) is 3.05. The summed E-state index contributed by atoms with van der Waals surface area (Å²) in [5.41, 5.74) is 2.67. The number of hydrogen-bond acceptors (Lipinski definition) is 4. The highest BCUT2D eigenvalue weighted by Gasteiger charge is 2.34. The Morgan fingerprint density at radius 2 is 1.85 bits per heavy atom. The molecule has 0 saturated carbocycles. The highest BCUT2D eigenvalue weighted by Crippen LogP contribution is 2.42. The van der Waals surface area contributed by atoms with Crippen LogP contribution in [0.5, 0.6) is 5.75 Å². The highest BCUT2D eigenvalue weighted by atomic mass is 32.2. The number of hydrogen-bond donors (Lipinski definition) is 1. The van der Waals surface area contributed by atoms with E-state index in [0.717, 1.165) is 29.1 Å². The molecule has 2 aromatic rings. The van der Waals surface area contributed by atoms with Gasteiger partial charge in [0.1, 0.15) is 11.1 Å². The molecule has 0 bridgehead atoms. The van der Waals surface area contributed by atoms with Crippen LogP contribution in [0.25, 0.3) is 0 Å². The molecule has 2 amide bonds. The van der Waals surface area contributed by atoms with E-state index in [9.17, 15) is 9.59 Å². The Balaban J connectivity index is 1.76. The molecular weight excluding hydrogens is 360 g/mol. The molecule has 5 nitrogen and oxygen atoms in total. The predicted molar refractivity (Wildman–Crippen MR) is 110 cm³/mol. The normalized spacial score (nSPS) is 16.4. The van der Waals surface area contributed by atoms with Gasteiger partial charge in [-0.05, 0) is 55.3 Å². The maximum absolute atomic E-state index is 12.5. The van der Waals surface area contributed by atoms with E-state index in [1.165, 1.54) is 0 Å². The lowest BCUT2D eigenvalue weighted by Crippen LogP contribution is -2.27. The second-order valence-electron chi connectivity index (χ2n) is 6.27. The minimum atomic E-state index is -0.0733. The van der Waals surface area contributed by atoms with Crippen molar-refractivity contribution >= 4 is 35.0 Å². The number of nitrogens with one attached hydrogen (secondary N) is 1. The molecule has 2 aromatic carbocycles. The fourth-order valence-electron chi connectivity index (χ4n) is 3.00. The van der Waals surface area contributed by atoms with Crippen molar-refractivity contribution < 1.29 is 14.3 Å². The smallest absolute Gasteiger partial charge is 0.238 e. The van der Waals surface area contributed by atoms with Crippen molar-refractivity contribution in [3.05, 3.63) is 54.1 Å². The standard InChI is InChI=1S/C21H24N2O3S/c1-3-5-19(24)22-16-8-6-15(7-9-16)21-23(20(25)14-27-21)17-10-12-18(13-11-17)26-4-2/h6-13,21H,3-5,14H2,1-2H3,(H,22,24).